The lowest BCUT2D eigenvalue weighted by molar-refractivity contribution is 0.330. The van der Waals surface area contributed by atoms with Crippen molar-refractivity contribution in [2.45, 2.75) is 65.5 Å². The molecular formula is C14H25N3O. The second-order valence-electron chi connectivity index (χ2n) is 5.83. The van der Waals surface area contributed by atoms with Crippen molar-refractivity contribution >= 4 is 0 Å². The summed E-state index contributed by atoms with van der Waals surface area (Å²) >= 11 is 0. The fraction of sp³-hybridized carbons (Fsp3) is 0.857. The normalized spacial score (nSPS) is 25.3. The zero-order valence-electron chi connectivity index (χ0n) is 11.8. The molecule has 1 heterocycles. The van der Waals surface area contributed by atoms with Gasteiger partial charge in [0.25, 0.3) is 0 Å². The van der Waals surface area contributed by atoms with Crippen LogP contribution in [-0.2, 0) is 6.54 Å². The summed E-state index contributed by atoms with van der Waals surface area (Å²) in [5.41, 5.74) is 0. The Hall–Kier alpha value is -0.900. The Morgan fingerprint density at radius 1 is 1.28 bits per heavy atom. The maximum atomic E-state index is 5.12. The molecule has 1 fully saturated rings. The monoisotopic (exact) mass is 251 g/mol. The summed E-state index contributed by atoms with van der Waals surface area (Å²) < 4.78 is 5.12. The minimum atomic E-state index is 0.612. The lowest BCUT2D eigenvalue weighted by Crippen LogP contribution is -2.28. The predicted molar refractivity (Wildman–Crippen MR) is 71.1 cm³/mol. The summed E-state index contributed by atoms with van der Waals surface area (Å²) in [6.45, 7) is 7.25. The lowest BCUT2D eigenvalue weighted by Gasteiger charge is -2.18. The molecule has 2 atom stereocenters. The van der Waals surface area contributed by atoms with Gasteiger partial charge in [-0.2, -0.15) is 4.98 Å². The van der Waals surface area contributed by atoms with Crippen LogP contribution in [0.15, 0.2) is 4.52 Å². The van der Waals surface area contributed by atoms with Crippen LogP contribution >= 0.6 is 0 Å². The second-order valence-corrected chi connectivity index (χ2v) is 5.83. The second kappa shape index (κ2) is 6.32. The van der Waals surface area contributed by atoms with Crippen molar-refractivity contribution < 1.29 is 4.52 Å². The van der Waals surface area contributed by atoms with Gasteiger partial charge in [0.2, 0.25) is 5.89 Å². The van der Waals surface area contributed by atoms with Gasteiger partial charge in [0, 0.05) is 6.04 Å². The molecule has 102 valence electrons. The van der Waals surface area contributed by atoms with Crippen LogP contribution in [0, 0.1) is 18.8 Å². The van der Waals surface area contributed by atoms with E-state index in [4.69, 9.17) is 4.52 Å². The van der Waals surface area contributed by atoms with E-state index in [1.54, 1.807) is 0 Å². The molecule has 1 aromatic rings. The number of nitrogens with zero attached hydrogens (tertiary/aromatic N) is 2. The number of aromatic nitrogens is 2. The molecule has 0 bridgehead atoms. The zero-order valence-corrected chi connectivity index (χ0v) is 11.8. The molecule has 1 aromatic heterocycles. The summed E-state index contributed by atoms with van der Waals surface area (Å²) in [7, 11) is 0. The molecule has 0 spiro atoms. The van der Waals surface area contributed by atoms with Crippen molar-refractivity contribution in [1.29, 1.82) is 0 Å². The third-order valence-corrected chi connectivity index (χ3v) is 4.07. The van der Waals surface area contributed by atoms with Gasteiger partial charge < -0.3 is 9.84 Å². The molecule has 4 heteroatoms. The van der Waals surface area contributed by atoms with E-state index in [-0.39, 0.29) is 0 Å². The lowest BCUT2D eigenvalue weighted by atomic mass is 9.89. The topological polar surface area (TPSA) is 51.0 Å². The maximum Gasteiger partial charge on any atom is 0.240 e. The molecule has 1 aliphatic carbocycles. The van der Waals surface area contributed by atoms with Gasteiger partial charge in [-0.05, 0) is 38.0 Å². The molecule has 4 nitrogen and oxygen atoms in total. The molecule has 2 rings (SSSR count). The van der Waals surface area contributed by atoms with Gasteiger partial charge in [-0.15, -0.1) is 0 Å². The molecular weight excluding hydrogens is 226 g/mol. The number of hydrogen-bond acceptors (Lipinski definition) is 4. The quantitative estimate of drug-likeness (QED) is 0.836. The fourth-order valence-electron chi connectivity index (χ4n) is 2.84. The highest BCUT2D eigenvalue weighted by Gasteiger charge is 2.21. The number of hydrogen-bond donors (Lipinski definition) is 1. The summed E-state index contributed by atoms with van der Waals surface area (Å²) in [6.07, 6.45) is 6.61. The van der Waals surface area contributed by atoms with Gasteiger partial charge in [0.1, 0.15) is 0 Å². The largest absolute Gasteiger partial charge is 0.338 e. The molecule has 0 amide bonds. The predicted octanol–water partition coefficient (Wildman–Crippen LogP) is 3.07. The van der Waals surface area contributed by atoms with Crippen LogP contribution in [0.5, 0.6) is 0 Å². The molecule has 0 aromatic carbocycles. The minimum Gasteiger partial charge on any atom is -0.338 e. The Morgan fingerprint density at radius 3 is 2.78 bits per heavy atom. The molecule has 0 radical (unpaired) electrons. The van der Waals surface area contributed by atoms with E-state index in [0.29, 0.717) is 24.3 Å². The van der Waals surface area contributed by atoms with Crippen molar-refractivity contribution in [2.75, 3.05) is 0 Å². The number of aryl methyl sites for hydroxylation is 1. The van der Waals surface area contributed by atoms with E-state index in [0.717, 1.165) is 11.8 Å². The summed E-state index contributed by atoms with van der Waals surface area (Å²) in [6, 6.07) is 0.612. The molecule has 1 aliphatic rings. The van der Waals surface area contributed by atoms with Crippen LogP contribution in [0.25, 0.3) is 0 Å². The maximum absolute atomic E-state index is 5.12. The first-order valence-electron chi connectivity index (χ1n) is 7.17. The number of rotatable bonds is 4. The van der Waals surface area contributed by atoms with E-state index in [2.05, 4.69) is 29.3 Å². The van der Waals surface area contributed by atoms with Crippen LogP contribution in [0.4, 0.5) is 0 Å². The Labute approximate surface area is 110 Å². The van der Waals surface area contributed by atoms with Gasteiger partial charge in [-0.25, -0.2) is 0 Å². The van der Waals surface area contributed by atoms with Gasteiger partial charge >= 0.3 is 0 Å². The van der Waals surface area contributed by atoms with Crippen LogP contribution in [0.2, 0.25) is 0 Å². The van der Waals surface area contributed by atoms with Gasteiger partial charge in [-0.3, -0.25) is 0 Å². The van der Waals surface area contributed by atoms with Gasteiger partial charge in [0.15, 0.2) is 5.82 Å². The van der Waals surface area contributed by atoms with Crippen LogP contribution in [0.3, 0.4) is 0 Å². The average molecular weight is 251 g/mol. The first-order valence-corrected chi connectivity index (χ1v) is 7.17. The van der Waals surface area contributed by atoms with Crippen LogP contribution < -0.4 is 5.32 Å². The third-order valence-electron chi connectivity index (χ3n) is 4.07. The van der Waals surface area contributed by atoms with Gasteiger partial charge in [-0.1, -0.05) is 31.8 Å². The molecule has 18 heavy (non-hydrogen) atoms. The highest BCUT2D eigenvalue weighted by atomic mass is 16.5. The third kappa shape index (κ3) is 3.80. The highest BCUT2D eigenvalue weighted by Crippen LogP contribution is 2.28. The van der Waals surface area contributed by atoms with Crippen molar-refractivity contribution in [3.63, 3.8) is 0 Å². The van der Waals surface area contributed by atoms with Crippen LogP contribution in [0.1, 0.15) is 57.7 Å². The molecule has 1 N–H and O–H groups in total. The summed E-state index contributed by atoms with van der Waals surface area (Å²) in [5.74, 6) is 3.15. The van der Waals surface area contributed by atoms with Crippen LogP contribution in [-0.4, -0.2) is 16.2 Å². The van der Waals surface area contributed by atoms with E-state index >= 15 is 0 Å². The Balaban J connectivity index is 1.77. The van der Waals surface area contributed by atoms with E-state index < -0.39 is 0 Å². The zero-order chi connectivity index (χ0) is 13.0. The smallest absolute Gasteiger partial charge is 0.240 e. The Bertz CT molecular complexity index is 362. The Kier molecular flexibility index (Phi) is 4.75. The average Bonchev–Trinajstić information content (AvgIpc) is 2.62. The first-order chi connectivity index (χ1) is 8.65. The number of nitrogens with one attached hydrogen (secondary N) is 1. The van der Waals surface area contributed by atoms with Crippen molar-refractivity contribution in [2.24, 2.45) is 11.8 Å². The van der Waals surface area contributed by atoms with Crippen molar-refractivity contribution in [3.8, 4) is 0 Å². The van der Waals surface area contributed by atoms with E-state index in [9.17, 15) is 0 Å². The standard InChI is InChI=1S/C14H25N3O/c1-10(2)12-5-4-6-13(8-7-12)15-9-14-16-11(3)17-18-14/h10,12-13,15H,4-9H2,1-3H3. The van der Waals surface area contributed by atoms with E-state index in [1.807, 2.05) is 6.92 Å². The molecule has 2 unspecified atom stereocenters. The summed E-state index contributed by atoms with van der Waals surface area (Å²) in [5, 5.41) is 7.36. The molecule has 0 saturated heterocycles. The minimum absolute atomic E-state index is 0.612. The van der Waals surface area contributed by atoms with Crippen molar-refractivity contribution in [1.82, 2.24) is 15.5 Å². The highest BCUT2D eigenvalue weighted by molar-refractivity contribution is 4.84. The fourth-order valence-corrected chi connectivity index (χ4v) is 2.84. The van der Waals surface area contributed by atoms with Crippen molar-refractivity contribution in [3.05, 3.63) is 11.7 Å². The Morgan fingerprint density at radius 2 is 2.11 bits per heavy atom. The molecule has 0 aliphatic heterocycles. The van der Waals surface area contributed by atoms with Gasteiger partial charge in [0.05, 0.1) is 6.54 Å². The molecule has 1 saturated carbocycles. The van der Waals surface area contributed by atoms with E-state index in [1.165, 1.54) is 32.1 Å². The first kappa shape index (κ1) is 13.5. The summed E-state index contributed by atoms with van der Waals surface area (Å²) in [4.78, 5) is 4.22. The SMILES string of the molecule is Cc1noc(CNC2CCCC(C(C)C)CC2)n1.